The predicted molar refractivity (Wildman–Crippen MR) is 114 cm³/mol. The van der Waals surface area contributed by atoms with Crippen molar-refractivity contribution in [2.75, 3.05) is 13.6 Å². The molecule has 1 fully saturated rings. The van der Waals surface area contributed by atoms with Crippen LogP contribution in [0.15, 0.2) is 23.0 Å². The van der Waals surface area contributed by atoms with Gasteiger partial charge in [-0.25, -0.2) is 9.78 Å². The van der Waals surface area contributed by atoms with Gasteiger partial charge in [-0.2, -0.15) is 0 Å². The van der Waals surface area contributed by atoms with Gasteiger partial charge in [-0.1, -0.05) is 17.7 Å². The van der Waals surface area contributed by atoms with Crippen molar-refractivity contribution in [3.63, 3.8) is 0 Å². The number of ether oxygens (including phenoxy) is 1. The van der Waals surface area contributed by atoms with Crippen LogP contribution in [-0.2, 0) is 11.3 Å². The van der Waals surface area contributed by atoms with Crippen LogP contribution in [0.25, 0.3) is 10.9 Å². The third kappa shape index (κ3) is 5.08. The normalized spacial score (nSPS) is 15.4. The molecular weight excluding hydrogens is 392 g/mol. The van der Waals surface area contributed by atoms with Gasteiger partial charge in [0.1, 0.15) is 11.4 Å². The minimum atomic E-state index is -0.550. The van der Waals surface area contributed by atoms with Crippen LogP contribution >= 0.6 is 11.6 Å². The second kappa shape index (κ2) is 8.32. The molecule has 0 bridgehead atoms. The first-order valence-electron chi connectivity index (χ1n) is 9.97. The van der Waals surface area contributed by atoms with Crippen LogP contribution in [0.2, 0.25) is 5.02 Å². The molecule has 0 radical (unpaired) electrons. The summed E-state index contributed by atoms with van der Waals surface area (Å²) in [6.07, 6.45) is 2.27. The van der Waals surface area contributed by atoms with Crippen LogP contribution in [0.5, 0.6) is 0 Å². The number of aromatic nitrogens is 2. The number of hydrogen-bond acceptors (Lipinski definition) is 5. The monoisotopic (exact) mass is 420 g/mol. The summed E-state index contributed by atoms with van der Waals surface area (Å²) >= 11 is 6.27. The molecule has 0 aliphatic heterocycles. The number of carbonyl (C=O) groups excluding carboxylic acids is 1. The van der Waals surface area contributed by atoms with Crippen molar-refractivity contribution < 1.29 is 9.53 Å². The average molecular weight is 421 g/mol. The molecule has 0 spiro atoms. The van der Waals surface area contributed by atoms with Gasteiger partial charge >= 0.3 is 6.09 Å². The zero-order chi connectivity index (χ0) is 21.3. The number of nitrogens with zero attached hydrogens (tertiary/aromatic N) is 3. The van der Waals surface area contributed by atoms with E-state index in [0.29, 0.717) is 47.2 Å². The summed E-state index contributed by atoms with van der Waals surface area (Å²) in [6, 6.07) is 4.97. The van der Waals surface area contributed by atoms with Crippen LogP contribution in [0.4, 0.5) is 4.79 Å². The highest BCUT2D eigenvalue weighted by atomic mass is 35.5. The Morgan fingerprint density at radius 1 is 1.41 bits per heavy atom. The third-order valence-electron chi connectivity index (χ3n) is 4.97. The first-order valence-corrected chi connectivity index (χ1v) is 10.3. The number of benzene rings is 1. The summed E-state index contributed by atoms with van der Waals surface area (Å²) in [5, 5.41) is 0.785. The van der Waals surface area contributed by atoms with Gasteiger partial charge in [0.05, 0.1) is 22.0 Å². The molecule has 8 heteroatoms. The molecule has 1 saturated carbocycles. The van der Waals surface area contributed by atoms with Gasteiger partial charge in [-0.15, -0.1) is 0 Å². The maximum atomic E-state index is 13.2. The van der Waals surface area contributed by atoms with E-state index in [-0.39, 0.29) is 17.7 Å². The molecule has 3 rings (SSSR count). The van der Waals surface area contributed by atoms with Gasteiger partial charge in [0.15, 0.2) is 0 Å². The minimum Gasteiger partial charge on any atom is -0.444 e. The van der Waals surface area contributed by atoms with E-state index in [2.05, 4.69) is 4.98 Å². The largest absolute Gasteiger partial charge is 0.444 e. The maximum absolute atomic E-state index is 13.2. The average Bonchev–Trinajstić information content (AvgIpc) is 3.46. The Morgan fingerprint density at radius 3 is 2.72 bits per heavy atom. The molecule has 0 unspecified atom stereocenters. The molecule has 2 N–H and O–H groups in total. The fraction of sp³-hybridized carbons (Fsp3) is 0.571. The lowest BCUT2D eigenvalue weighted by Crippen LogP contribution is -2.36. The van der Waals surface area contributed by atoms with Crippen molar-refractivity contribution in [2.45, 2.75) is 58.2 Å². The SMILES string of the molecule is CN(CCCn1c([C@@H](N)C2CC2)nc2cccc(Cl)c2c1=O)C(=O)OC(C)(C)C. The quantitative estimate of drug-likeness (QED) is 0.769. The lowest BCUT2D eigenvalue weighted by atomic mass is 10.1. The van der Waals surface area contributed by atoms with E-state index in [1.807, 2.05) is 20.8 Å². The van der Waals surface area contributed by atoms with E-state index in [4.69, 9.17) is 22.1 Å². The standard InChI is InChI=1S/C21H29ClN4O3/c1-21(2,3)29-20(28)25(4)11-6-12-26-18(17(23)13-9-10-13)24-15-8-5-7-14(22)16(15)19(26)27/h5,7-8,13,17H,6,9-12,23H2,1-4H3/t17-/m0/s1. The van der Waals surface area contributed by atoms with E-state index >= 15 is 0 Å². The molecule has 0 saturated heterocycles. The number of carbonyl (C=O) groups is 1. The van der Waals surface area contributed by atoms with Crippen LogP contribution in [0, 0.1) is 5.92 Å². The highest BCUT2D eigenvalue weighted by Gasteiger charge is 2.33. The second-order valence-corrected chi connectivity index (χ2v) is 9.09. The van der Waals surface area contributed by atoms with E-state index < -0.39 is 5.60 Å². The molecule has 158 valence electrons. The molecule has 1 atom stereocenters. The van der Waals surface area contributed by atoms with Gasteiger partial charge in [-0.3, -0.25) is 9.36 Å². The summed E-state index contributed by atoms with van der Waals surface area (Å²) in [6.45, 7) is 6.33. The fourth-order valence-electron chi connectivity index (χ4n) is 3.27. The Morgan fingerprint density at radius 2 is 2.10 bits per heavy atom. The molecule has 1 aromatic heterocycles. The highest BCUT2D eigenvalue weighted by Crippen LogP contribution is 2.39. The first-order chi connectivity index (χ1) is 13.6. The summed E-state index contributed by atoms with van der Waals surface area (Å²) in [7, 11) is 1.68. The fourth-order valence-corrected chi connectivity index (χ4v) is 3.52. The third-order valence-corrected chi connectivity index (χ3v) is 5.29. The number of halogens is 1. The maximum Gasteiger partial charge on any atom is 0.410 e. The molecule has 1 heterocycles. The van der Waals surface area contributed by atoms with Gasteiger partial charge in [0.2, 0.25) is 0 Å². The zero-order valence-corrected chi connectivity index (χ0v) is 18.2. The van der Waals surface area contributed by atoms with Crippen LogP contribution in [-0.4, -0.2) is 39.7 Å². The van der Waals surface area contributed by atoms with E-state index in [1.54, 1.807) is 29.8 Å². The molecule has 1 aromatic carbocycles. The van der Waals surface area contributed by atoms with E-state index in [9.17, 15) is 9.59 Å². The molecular formula is C21H29ClN4O3. The van der Waals surface area contributed by atoms with Crippen molar-refractivity contribution in [3.05, 3.63) is 39.4 Å². The molecule has 2 aromatic rings. The molecule has 1 amide bonds. The summed E-state index contributed by atoms with van der Waals surface area (Å²) < 4.78 is 6.99. The molecule has 29 heavy (non-hydrogen) atoms. The van der Waals surface area contributed by atoms with Gasteiger partial charge in [0.25, 0.3) is 5.56 Å². The van der Waals surface area contributed by atoms with Crippen molar-refractivity contribution in [3.8, 4) is 0 Å². The van der Waals surface area contributed by atoms with Gasteiger partial charge < -0.3 is 15.4 Å². The van der Waals surface area contributed by atoms with Crippen LogP contribution in [0.3, 0.4) is 0 Å². The molecule has 1 aliphatic carbocycles. The zero-order valence-electron chi connectivity index (χ0n) is 17.4. The number of nitrogens with two attached hydrogens (primary N) is 1. The topological polar surface area (TPSA) is 90.5 Å². The Balaban J connectivity index is 1.83. The van der Waals surface area contributed by atoms with Crippen molar-refractivity contribution in [1.82, 2.24) is 14.5 Å². The smallest absolute Gasteiger partial charge is 0.410 e. The second-order valence-electron chi connectivity index (χ2n) is 8.68. The van der Waals surface area contributed by atoms with Crippen molar-refractivity contribution in [2.24, 2.45) is 11.7 Å². The van der Waals surface area contributed by atoms with Gasteiger partial charge in [0, 0.05) is 20.1 Å². The highest BCUT2D eigenvalue weighted by molar-refractivity contribution is 6.35. The Kier molecular flexibility index (Phi) is 6.19. The summed E-state index contributed by atoms with van der Waals surface area (Å²) in [4.78, 5) is 31.5. The molecule has 1 aliphatic rings. The lowest BCUT2D eigenvalue weighted by Gasteiger charge is -2.25. The number of hydrogen-bond donors (Lipinski definition) is 1. The van der Waals surface area contributed by atoms with Crippen LogP contribution < -0.4 is 11.3 Å². The number of rotatable bonds is 6. The van der Waals surface area contributed by atoms with E-state index in [0.717, 1.165) is 12.8 Å². The Labute approximate surface area is 175 Å². The summed E-state index contributed by atoms with van der Waals surface area (Å²) in [5.74, 6) is 0.946. The van der Waals surface area contributed by atoms with Crippen molar-refractivity contribution >= 4 is 28.6 Å². The first kappa shape index (κ1) is 21.6. The van der Waals surface area contributed by atoms with E-state index in [1.165, 1.54) is 4.90 Å². The van der Waals surface area contributed by atoms with Crippen LogP contribution in [0.1, 0.15) is 51.9 Å². The lowest BCUT2D eigenvalue weighted by molar-refractivity contribution is 0.0295. The van der Waals surface area contributed by atoms with Crippen molar-refractivity contribution in [1.29, 1.82) is 0 Å². The summed E-state index contributed by atoms with van der Waals surface area (Å²) in [5.41, 5.74) is 6.24. The Bertz CT molecular complexity index is 963. The number of amides is 1. The van der Waals surface area contributed by atoms with Gasteiger partial charge in [-0.05, 0) is 58.1 Å². The minimum absolute atomic E-state index is 0.188. The number of fused-ring (bicyclic) bond motifs is 1. The Hall–Kier alpha value is -2.12. The molecule has 7 nitrogen and oxygen atoms in total. The predicted octanol–water partition coefficient (Wildman–Crippen LogP) is 3.72.